The number of nitrogens with zero attached hydrogens (tertiary/aromatic N) is 4. The number of aromatic nitrogens is 2. The number of pyridine rings is 1. The van der Waals surface area contributed by atoms with E-state index in [0.717, 1.165) is 46.1 Å². The van der Waals surface area contributed by atoms with Crippen LogP contribution < -0.4 is 14.5 Å². The molecule has 0 unspecified atom stereocenters. The van der Waals surface area contributed by atoms with E-state index in [1.165, 1.54) is 66.7 Å². The molecule has 0 radical (unpaired) electrons. The first-order valence-electron chi connectivity index (χ1n) is 24.1. The summed E-state index contributed by atoms with van der Waals surface area (Å²) in [5.41, 5.74) is 17.2. The summed E-state index contributed by atoms with van der Waals surface area (Å²) >= 11 is 0. The molecule has 7 aromatic carbocycles. The van der Waals surface area contributed by atoms with Crippen LogP contribution in [0.2, 0.25) is 0 Å². The lowest BCUT2D eigenvalue weighted by Crippen LogP contribution is -2.24. The Morgan fingerprint density at radius 1 is 0.537 bits per heavy atom. The molecule has 0 bridgehead atoms. The molecular weight excluding hydrogens is 817 g/mol. The molecule has 1 aliphatic heterocycles. The molecule has 0 saturated heterocycles. The van der Waals surface area contributed by atoms with Gasteiger partial charge in [0.2, 0.25) is 0 Å². The molecule has 0 amide bonds. The fourth-order valence-corrected chi connectivity index (χ4v) is 10.0. The summed E-state index contributed by atoms with van der Waals surface area (Å²) in [5, 5.41) is 2.37. The number of para-hydroxylation sites is 2. The smallest absolute Gasteiger partial charge is 0.137 e. The van der Waals surface area contributed by atoms with Gasteiger partial charge in [-0.25, -0.2) is 4.98 Å². The standard InChI is InChI=1S/C62H62N4O/c1-40(2)31-43-29-30-63-60(32-43)66-56-28-25-45(61-52(41(3)4)21-16-22-53(61)42(5)6)35-55(56)54-27-26-51(38-59(54)66)67-50-20-15-19-48(37-50)64-39-65(58-24-14-13-23-57(58)64)49-34-46(44-17-11-10-12-18-44)33-47(36-49)62(7,8)9/h10-30,32-38,40-42H,31,39H2,1-9H3. The number of hydrogen-bond acceptors (Lipinski definition) is 4. The zero-order valence-electron chi connectivity index (χ0n) is 40.5. The Morgan fingerprint density at radius 2 is 1.22 bits per heavy atom. The van der Waals surface area contributed by atoms with Crippen molar-refractivity contribution in [2.75, 3.05) is 16.5 Å². The molecule has 336 valence electrons. The monoisotopic (exact) mass is 878 g/mol. The van der Waals surface area contributed by atoms with Crippen LogP contribution in [0, 0.1) is 5.92 Å². The van der Waals surface area contributed by atoms with Crippen LogP contribution in [0.15, 0.2) is 170 Å². The van der Waals surface area contributed by atoms with Crippen molar-refractivity contribution in [2.45, 2.75) is 86.0 Å². The van der Waals surface area contributed by atoms with Crippen LogP contribution >= 0.6 is 0 Å². The van der Waals surface area contributed by atoms with Crippen molar-refractivity contribution in [3.05, 3.63) is 192 Å². The quantitative estimate of drug-likeness (QED) is 0.130. The predicted octanol–water partition coefficient (Wildman–Crippen LogP) is 17.3. The highest BCUT2D eigenvalue weighted by Gasteiger charge is 2.30. The summed E-state index contributed by atoms with van der Waals surface area (Å²) < 4.78 is 9.20. The second-order valence-corrected chi connectivity index (χ2v) is 20.5. The fraction of sp³-hybridized carbons (Fsp3) is 0.242. The predicted molar refractivity (Wildman–Crippen MR) is 283 cm³/mol. The average Bonchev–Trinajstić information content (AvgIpc) is 3.87. The third-order valence-corrected chi connectivity index (χ3v) is 13.4. The lowest BCUT2D eigenvalue weighted by molar-refractivity contribution is 0.483. The normalized spacial score (nSPS) is 12.9. The highest BCUT2D eigenvalue weighted by molar-refractivity contribution is 6.11. The highest BCUT2D eigenvalue weighted by Crippen LogP contribution is 2.47. The lowest BCUT2D eigenvalue weighted by Gasteiger charge is -2.26. The minimum Gasteiger partial charge on any atom is -0.457 e. The topological polar surface area (TPSA) is 33.5 Å². The van der Waals surface area contributed by atoms with Gasteiger partial charge in [0.25, 0.3) is 0 Å². The van der Waals surface area contributed by atoms with E-state index in [2.05, 4.69) is 240 Å². The van der Waals surface area contributed by atoms with E-state index in [0.29, 0.717) is 24.4 Å². The van der Waals surface area contributed by atoms with Crippen LogP contribution in [0.4, 0.5) is 22.7 Å². The Balaban J connectivity index is 1.04. The van der Waals surface area contributed by atoms with Crippen molar-refractivity contribution in [1.29, 1.82) is 0 Å². The second-order valence-electron chi connectivity index (χ2n) is 20.5. The average molecular weight is 879 g/mol. The Hall–Kier alpha value is -7.11. The highest BCUT2D eigenvalue weighted by atomic mass is 16.5. The molecule has 3 heterocycles. The Morgan fingerprint density at radius 3 is 1.93 bits per heavy atom. The summed E-state index contributed by atoms with van der Waals surface area (Å²) in [7, 11) is 0. The molecule has 0 N–H and O–H groups in total. The van der Waals surface area contributed by atoms with E-state index in [4.69, 9.17) is 9.72 Å². The lowest BCUT2D eigenvalue weighted by atomic mass is 9.85. The number of hydrogen-bond donors (Lipinski definition) is 0. The van der Waals surface area contributed by atoms with Gasteiger partial charge in [-0.2, -0.15) is 0 Å². The number of ether oxygens (including phenoxy) is 1. The minimum atomic E-state index is -0.0179. The van der Waals surface area contributed by atoms with Gasteiger partial charge in [-0.15, -0.1) is 0 Å². The largest absolute Gasteiger partial charge is 0.457 e. The van der Waals surface area contributed by atoms with Gasteiger partial charge in [-0.3, -0.25) is 4.57 Å². The van der Waals surface area contributed by atoms with Crippen molar-refractivity contribution >= 4 is 44.6 Å². The molecule has 5 heteroatoms. The summed E-state index contributed by atoms with van der Waals surface area (Å²) in [6.07, 6.45) is 2.95. The van der Waals surface area contributed by atoms with Gasteiger partial charge >= 0.3 is 0 Å². The molecule has 0 spiro atoms. The fourth-order valence-electron chi connectivity index (χ4n) is 10.0. The summed E-state index contributed by atoms with van der Waals surface area (Å²) in [6, 6.07) is 59.8. The van der Waals surface area contributed by atoms with Crippen molar-refractivity contribution in [2.24, 2.45) is 5.92 Å². The molecule has 0 fully saturated rings. The minimum absolute atomic E-state index is 0.0179. The SMILES string of the molecule is CC(C)Cc1ccnc(-n2c3ccc(-c4c(C(C)C)cccc4C(C)C)cc3c3ccc(Oc4cccc(N5CN(c6cc(-c7ccccc7)cc(C(C)(C)C)c6)c6ccccc65)c4)cc32)c1. The first-order chi connectivity index (χ1) is 32.3. The van der Waals surface area contributed by atoms with Crippen LogP contribution in [0.3, 0.4) is 0 Å². The molecule has 9 aromatic rings. The zero-order chi connectivity index (χ0) is 46.6. The van der Waals surface area contributed by atoms with Gasteiger partial charge in [-0.1, -0.05) is 141 Å². The van der Waals surface area contributed by atoms with Crippen LogP contribution in [-0.4, -0.2) is 16.2 Å². The number of rotatable bonds is 11. The van der Waals surface area contributed by atoms with Gasteiger partial charge in [-0.05, 0) is 147 Å². The molecule has 0 atom stereocenters. The van der Waals surface area contributed by atoms with Crippen LogP contribution in [0.25, 0.3) is 49.9 Å². The molecular formula is C62H62N4O. The molecule has 1 aliphatic rings. The molecule has 10 rings (SSSR count). The number of anilines is 4. The molecule has 67 heavy (non-hydrogen) atoms. The van der Waals surface area contributed by atoms with E-state index < -0.39 is 0 Å². The van der Waals surface area contributed by atoms with Gasteiger partial charge in [0.1, 0.15) is 24.0 Å². The first-order valence-corrected chi connectivity index (χ1v) is 24.1. The van der Waals surface area contributed by atoms with Crippen LogP contribution in [0.5, 0.6) is 11.5 Å². The van der Waals surface area contributed by atoms with E-state index in [1.54, 1.807) is 0 Å². The molecule has 0 aliphatic carbocycles. The molecule has 0 saturated carbocycles. The third kappa shape index (κ3) is 8.48. The van der Waals surface area contributed by atoms with Crippen molar-refractivity contribution < 1.29 is 4.74 Å². The summed E-state index contributed by atoms with van der Waals surface area (Å²) in [6.45, 7) is 21.3. The first kappa shape index (κ1) is 43.8. The maximum Gasteiger partial charge on any atom is 0.137 e. The van der Waals surface area contributed by atoms with E-state index >= 15 is 0 Å². The Labute approximate surface area is 397 Å². The maximum absolute atomic E-state index is 6.87. The third-order valence-electron chi connectivity index (χ3n) is 13.4. The Bertz CT molecular complexity index is 3230. The number of benzene rings is 7. The van der Waals surface area contributed by atoms with E-state index in [-0.39, 0.29) is 5.41 Å². The molecule has 2 aromatic heterocycles. The van der Waals surface area contributed by atoms with Gasteiger partial charge in [0.15, 0.2) is 0 Å². The summed E-state index contributed by atoms with van der Waals surface area (Å²) in [5.74, 6) is 3.80. The number of fused-ring (bicyclic) bond motifs is 4. The van der Waals surface area contributed by atoms with E-state index in [1.807, 2.05) is 6.20 Å². The van der Waals surface area contributed by atoms with Gasteiger partial charge in [0, 0.05) is 40.5 Å². The van der Waals surface area contributed by atoms with Crippen molar-refractivity contribution in [1.82, 2.24) is 9.55 Å². The van der Waals surface area contributed by atoms with E-state index in [9.17, 15) is 0 Å². The van der Waals surface area contributed by atoms with Crippen LogP contribution in [-0.2, 0) is 11.8 Å². The molecule has 5 nitrogen and oxygen atoms in total. The second kappa shape index (κ2) is 17.6. The van der Waals surface area contributed by atoms with Gasteiger partial charge in [0.05, 0.1) is 22.4 Å². The zero-order valence-corrected chi connectivity index (χ0v) is 40.5. The Kier molecular flexibility index (Phi) is 11.5. The summed E-state index contributed by atoms with van der Waals surface area (Å²) in [4.78, 5) is 9.85. The van der Waals surface area contributed by atoms with Crippen LogP contribution in [0.1, 0.15) is 96.4 Å². The maximum atomic E-state index is 6.87. The van der Waals surface area contributed by atoms with Crippen molar-refractivity contribution in [3.63, 3.8) is 0 Å². The van der Waals surface area contributed by atoms with Gasteiger partial charge < -0.3 is 14.5 Å². The van der Waals surface area contributed by atoms with Crippen molar-refractivity contribution in [3.8, 4) is 39.6 Å².